The van der Waals surface area contributed by atoms with Crippen molar-refractivity contribution >= 4 is 40.1 Å². The molecule has 0 bridgehead atoms. The fraction of sp³-hybridized carbons (Fsp3) is 0.533. The number of amides is 1. The molecule has 0 saturated carbocycles. The average Bonchev–Trinajstić information content (AvgIpc) is 2.66. The van der Waals surface area contributed by atoms with Crippen LogP contribution in [0.3, 0.4) is 0 Å². The van der Waals surface area contributed by atoms with Crippen LogP contribution in [0.1, 0.15) is 43.0 Å². The number of benzene rings is 1. The molecule has 0 aromatic heterocycles. The van der Waals surface area contributed by atoms with Crippen molar-refractivity contribution in [3.8, 4) is 0 Å². The molecule has 1 atom stereocenters. The van der Waals surface area contributed by atoms with Crippen molar-refractivity contribution < 1.29 is 4.79 Å². The minimum Gasteiger partial charge on any atom is -0.339 e. The Bertz CT molecular complexity index is 463. The van der Waals surface area contributed by atoms with Gasteiger partial charge >= 0.3 is 0 Å². The molecule has 1 saturated heterocycles. The average molecular weight is 392 g/mol. The Kier molecular flexibility index (Phi) is 5.51. The van der Waals surface area contributed by atoms with Gasteiger partial charge in [-0.3, -0.25) is 4.79 Å². The fourth-order valence-corrected chi connectivity index (χ4v) is 3.10. The molecule has 1 aromatic rings. The smallest absolute Gasteiger partial charge is 0.253 e. The van der Waals surface area contributed by atoms with Gasteiger partial charge in [0.25, 0.3) is 5.91 Å². The second kappa shape index (κ2) is 6.93. The fourth-order valence-electron chi connectivity index (χ4n) is 2.59. The van der Waals surface area contributed by atoms with Crippen molar-refractivity contribution in [1.29, 1.82) is 0 Å². The maximum atomic E-state index is 12.5. The van der Waals surface area contributed by atoms with Crippen LogP contribution in [-0.4, -0.2) is 23.9 Å². The maximum absolute atomic E-state index is 12.5. The lowest BCUT2D eigenvalue weighted by Gasteiger charge is -2.21. The number of nitrogens with zero attached hydrogens (tertiary/aromatic N) is 1. The predicted octanol–water partition coefficient (Wildman–Crippen LogP) is 4.60. The number of rotatable bonds is 2. The molecule has 0 radical (unpaired) electrons. The zero-order valence-electron chi connectivity index (χ0n) is 11.2. The van der Waals surface area contributed by atoms with Crippen LogP contribution in [0, 0.1) is 9.49 Å². The highest BCUT2D eigenvalue weighted by atomic mass is 127. The number of carbonyl (C=O) groups is 1. The molecule has 1 amide bonds. The van der Waals surface area contributed by atoms with Gasteiger partial charge in [0.05, 0.1) is 5.02 Å². The first-order valence-corrected chi connectivity index (χ1v) is 8.31. The Labute approximate surface area is 133 Å². The lowest BCUT2D eigenvalue weighted by molar-refractivity contribution is 0.0760. The number of hydrogen-bond acceptors (Lipinski definition) is 1. The topological polar surface area (TPSA) is 20.3 Å². The standard InChI is InChI=1S/C15H19ClINO/c1-2-11-4-3-8-18(9-7-11)15(19)12-5-6-14(17)13(16)10-12/h5-6,10-11H,2-4,7-9H2,1H3. The lowest BCUT2D eigenvalue weighted by Crippen LogP contribution is -2.32. The first-order chi connectivity index (χ1) is 9.11. The first kappa shape index (κ1) is 15.1. The molecule has 0 aliphatic carbocycles. The Morgan fingerprint density at radius 2 is 2.21 bits per heavy atom. The minimum absolute atomic E-state index is 0.120. The monoisotopic (exact) mass is 391 g/mol. The van der Waals surface area contributed by atoms with Crippen LogP contribution in [0.4, 0.5) is 0 Å². The molecule has 4 heteroatoms. The highest BCUT2D eigenvalue weighted by Gasteiger charge is 2.21. The van der Waals surface area contributed by atoms with E-state index in [-0.39, 0.29) is 5.91 Å². The second-order valence-corrected chi connectivity index (χ2v) is 6.70. The molecule has 1 unspecified atom stereocenters. The van der Waals surface area contributed by atoms with Gasteiger partial charge in [-0.25, -0.2) is 0 Å². The summed E-state index contributed by atoms with van der Waals surface area (Å²) in [5.41, 5.74) is 0.709. The van der Waals surface area contributed by atoms with Gasteiger partial charge in [-0.05, 0) is 66.0 Å². The molecule has 19 heavy (non-hydrogen) atoms. The second-order valence-electron chi connectivity index (χ2n) is 5.13. The van der Waals surface area contributed by atoms with Gasteiger partial charge in [0.1, 0.15) is 0 Å². The number of carbonyl (C=O) groups excluding carboxylic acids is 1. The van der Waals surface area contributed by atoms with Gasteiger partial charge in [0, 0.05) is 22.2 Å². The largest absolute Gasteiger partial charge is 0.339 e. The van der Waals surface area contributed by atoms with E-state index in [1.807, 2.05) is 17.0 Å². The van der Waals surface area contributed by atoms with Crippen LogP contribution in [0.2, 0.25) is 5.02 Å². The third-order valence-electron chi connectivity index (χ3n) is 3.88. The molecule has 2 nitrogen and oxygen atoms in total. The summed E-state index contributed by atoms with van der Waals surface area (Å²) in [6.07, 6.45) is 4.70. The number of likely N-dealkylation sites (tertiary alicyclic amines) is 1. The zero-order chi connectivity index (χ0) is 13.8. The Balaban J connectivity index is 2.08. The van der Waals surface area contributed by atoms with Crippen molar-refractivity contribution in [2.75, 3.05) is 13.1 Å². The van der Waals surface area contributed by atoms with E-state index < -0.39 is 0 Å². The van der Waals surface area contributed by atoms with Gasteiger partial charge in [-0.1, -0.05) is 24.9 Å². The van der Waals surface area contributed by atoms with Crippen molar-refractivity contribution in [1.82, 2.24) is 4.90 Å². The van der Waals surface area contributed by atoms with E-state index in [2.05, 4.69) is 29.5 Å². The summed E-state index contributed by atoms with van der Waals surface area (Å²) in [6, 6.07) is 5.56. The van der Waals surface area contributed by atoms with Crippen molar-refractivity contribution in [2.24, 2.45) is 5.92 Å². The summed E-state index contributed by atoms with van der Waals surface area (Å²) in [5, 5.41) is 0.660. The van der Waals surface area contributed by atoms with E-state index in [1.165, 1.54) is 12.8 Å². The summed E-state index contributed by atoms with van der Waals surface area (Å²) >= 11 is 8.27. The highest BCUT2D eigenvalue weighted by Crippen LogP contribution is 2.23. The Morgan fingerprint density at radius 3 is 2.89 bits per heavy atom. The quantitative estimate of drug-likeness (QED) is 0.675. The first-order valence-electron chi connectivity index (χ1n) is 6.86. The van der Waals surface area contributed by atoms with Crippen molar-refractivity contribution in [2.45, 2.75) is 32.6 Å². The van der Waals surface area contributed by atoms with Gasteiger partial charge in [0.2, 0.25) is 0 Å². The molecular weight excluding hydrogens is 373 g/mol. The van der Waals surface area contributed by atoms with Crippen molar-refractivity contribution in [3.05, 3.63) is 32.4 Å². The van der Waals surface area contributed by atoms with Crippen LogP contribution >= 0.6 is 34.2 Å². The van der Waals surface area contributed by atoms with E-state index in [1.54, 1.807) is 6.07 Å². The van der Waals surface area contributed by atoms with Crippen LogP contribution in [0.25, 0.3) is 0 Å². The maximum Gasteiger partial charge on any atom is 0.253 e. The van der Waals surface area contributed by atoms with E-state index in [4.69, 9.17) is 11.6 Å². The molecular formula is C15H19ClINO. The molecule has 1 aliphatic rings. The predicted molar refractivity (Wildman–Crippen MR) is 87.7 cm³/mol. The molecule has 2 rings (SSSR count). The zero-order valence-corrected chi connectivity index (χ0v) is 14.1. The minimum atomic E-state index is 0.120. The van der Waals surface area contributed by atoms with Gasteiger partial charge < -0.3 is 4.90 Å². The summed E-state index contributed by atoms with van der Waals surface area (Å²) < 4.78 is 0.984. The summed E-state index contributed by atoms with van der Waals surface area (Å²) in [7, 11) is 0. The van der Waals surface area contributed by atoms with Gasteiger partial charge in [-0.2, -0.15) is 0 Å². The molecule has 1 aromatic carbocycles. The summed E-state index contributed by atoms with van der Waals surface area (Å²) in [5.74, 6) is 0.896. The van der Waals surface area contributed by atoms with Crippen LogP contribution < -0.4 is 0 Å². The molecule has 1 fully saturated rings. The molecule has 1 heterocycles. The molecule has 1 aliphatic heterocycles. The molecule has 0 N–H and O–H groups in total. The van der Waals surface area contributed by atoms with Gasteiger partial charge in [-0.15, -0.1) is 0 Å². The van der Waals surface area contributed by atoms with Gasteiger partial charge in [0.15, 0.2) is 0 Å². The summed E-state index contributed by atoms with van der Waals surface area (Å²) in [6.45, 7) is 3.99. The van der Waals surface area contributed by atoms with E-state index in [0.717, 1.165) is 35.4 Å². The van der Waals surface area contributed by atoms with Crippen LogP contribution in [-0.2, 0) is 0 Å². The Hall–Kier alpha value is -0.290. The van der Waals surface area contributed by atoms with Crippen LogP contribution in [0.5, 0.6) is 0 Å². The van der Waals surface area contributed by atoms with E-state index >= 15 is 0 Å². The third kappa shape index (κ3) is 3.85. The highest BCUT2D eigenvalue weighted by molar-refractivity contribution is 14.1. The third-order valence-corrected chi connectivity index (χ3v) is 5.45. The Morgan fingerprint density at radius 1 is 1.42 bits per heavy atom. The van der Waals surface area contributed by atoms with E-state index in [9.17, 15) is 4.79 Å². The molecule has 104 valence electrons. The normalized spacial score (nSPS) is 20.2. The lowest BCUT2D eigenvalue weighted by atomic mass is 9.98. The number of hydrogen-bond donors (Lipinski definition) is 0. The van der Waals surface area contributed by atoms with E-state index in [0.29, 0.717) is 10.6 Å². The summed E-state index contributed by atoms with van der Waals surface area (Å²) in [4.78, 5) is 14.5. The SMILES string of the molecule is CCC1CCCN(C(=O)c2ccc(I)c(Cl)c2)CC1. The molecule has 0 spiro atoms. The van der Waals surface area contributed by atoms with Crippen molar-refractivity contribution in [3.63, 3.8) is 0 Å². The van der Waals surface area contributed by atoms with Crippen LogP contribution in [0.15, 0.2) is 18.2 Å². The number of halogens is 2.